The van der Waals surface area contributed by atoms with E-state index in [-0.39, 0.29) is 23.4 Å². The first kappa shape index (κ1) is 27.6. The molecule has 0 aliphatic heterocycles. The Kier molecular flexibility index (Phi) is 8.10. The fraction of sp³-hybridized carbons (Fsp3) is 0.600. The Morgan fingerprint density at radius 1 is 1.22 bits per heavy atom. The van der Waals surface area contributed by atoms with Crippen molar-refractivity contribution in [2.45, 2.75) is 84.4 Å². The van der Waals surface area contributed by atoms with Crippen molar-refractivity contribution >= 4 is 17.6 Å². The molecule has 1 aromatic carbocycles. The number of halogens is 4. The lowest BCUT2D eigenvalue weighted by Gasteiger charge is -2.39. The Morgan fingerprint density at radius 3 is 2.44 bits per heavy atom. The van der Waals surface area contributed by atoms with Gasteiger partial charge in [0.1, 0.15) is 5.82 Å². The number of hydrogen-bond donors (Lipinski definition) is 2. The lowest BCUT2D eigenvalue weighted by molar-refractivity contribution is -0.147. The zero-order valence-electron chi connectivity index (χ0n) is 20.8. The number of aryl methyl sites for hydroxylation is 1. The van der Waals surface area contributed by atoms with Gasteiger partial charge in [-0.05, 0) is 61.6 Å². The van der Waals surface area contributed by atoms with E-state index in [2.05, 4.69) is 36.4 Å². The molecule has 2 aromatic rings. The van der Waals surface area contributed by atoms with Crippen molar-refractivity contribution in [3.05, 3.63) is 41.0 Å². The summed E-state index contributed by atoms with van der Waals surface area (Å²) in [5.74, 6) is -3.52. The molecule has 1 fully saturated rings. The molecule has 11 heteroatoms. The van der Waals surface area contributed by atoms with E-state index in [1.54, 1.807) is 13.0 Å². The molecule has 0 radical (unpaired) electrons. The number of carbonyl (C=O) groups excluding carboxylic acids is 1. The third-order valence-corrected chi connectivity index (χ3v) is 6.37. The Hall–Kier alpha value is -2.98. The second kappa shape index (κ2) is 10.6. The normalized spacial score (nSPS) is 19.0. The minimum atomic E-state index is -4.80. The molecule has 1 unspecified atom stereocenters. The van der Waals surface area contributed by atoms with Gasteiger partial charge in [-0.1, -0.05) is 32.1 Å². The van der Waals surface area contributed by atoms with E-state index in [0.717, 1.165) is 11.1 Å². The molecule has 7 nitrogen and oxygen atoms in total. The monoisotopic (exact) mass is 512 g/mol. The summed E-state index contributed by atoms with van der Waals surface area (Å²) in [6.45, 7) is 7.91. The Balaban J connectivity index is 1.85. The first-order chi connectivity index (χ1) is 16.6. The quantitative estimate of drug-likeness (QED) is 0.395. The average molecular weight is 513 g/mol. The standard InChI is InChI=1S/C25H32F4N4O3/c1-14-5-7-19(18(26)9-14)30-20(34)12-16(6-8-21(35)36)22-23(25(27,28)29)33(32-31-22)17-10-15(11-17)13-24(2,3)4/h5,7,9,15-17H,6,8,10-13H2,1-4H3,(H,30,34)(H,35,36). The Morgan fingerprint density at radius 2 is 1.89 bits per heavy atom. The van der Waals surface area contributed by atoms with Crippen molar-refractivity contribution in [2.24, 2.45) is 11.3 Å². The predicted molar refractivity (Wildman–Crippen MR) is 125 cm³/mol. The highest BCUT2D eigenvalue weighted by Crippen LogP contribution is 2.47. The van der Waals surface area contributed by atoms with Crippen LogP contribution in [0.4, 0.5) is 23.2 Å². The van der Waals surface area contributed by atoms with E-state index >= 15 is 0 Å². The number of aromatic nitrogens is 3. The zero-order valence-corrected chi connectivity index (χ0v) is 20.8. The Bertz CT molecular complexity index is 1100. The molecule has 0 saturated heterocycles. The topological polar surface area (TPSA) is 97.1 Å². The predicted octanol–water partition coefficient (Wildman–Crippen LogP) is 6.11. The summed E-state index contributed by atoms with van der Waals surface area (Å²) in [4.78, 5) is 23.8. The summed E-state index contributed by atoms with van der Waals surface area (Å²) in [6, 6.07) is 3.69. The number of carboxylic acids is 1. The van der Waals surface area contributed by atoms with Gasteiger partial charge in [0.15, 0.2) is 5.69 Å². The molecule has 2 N–H and O–H groups in total. The number of carboxylic acid groups (broad SMARTS) is 1. The summed E-state index contributed by atoms with van der Waals surface area (Å²) in [5.41, 5.74) is -0.921. The van der Waals surface area contributed by atoms with Gasteiger partial charge >= 0.3 is 12.1 Å². The number of anilines is 1. The number of benzene rings is 1. The number of aliphatic carboxylic acids is 1. The van der Waals surface area contributed by atoms with Crippen molar-refractivity contribution in [3.63, 3.8) is 0 Å². The van der Waals surface area contributed by atoms with Crippen molar-refractivity contribution in [2.75, 3.05) is 5.32 Å². The van der Waals surface area contributed by atoms with Crippen LogP contribution in [0.1, 0.15) is 88.2 Å². The van der Waals surface area contributed by atoms with Gasteiger partial charge in [0.25, 0.3) is 0 Å². The van der Waals surface area contributed by atoms with E-state index in [4.69, 9.17) is 5.11 Å². The molecule has 1 heterocycles. The first-order valence-corrected chi connectivity index (χ1v) is 11.9. The fourth-order valence-corrected chi connectivity index (χ4v) is 4.82. The summed E-state index contributed by atoms with van der Waals surface area (Å²) < 4.78 is 57.6. The number of hydrogen-bond acceptors (Lipinski definition) is 4. The van der Waals surface area contributed by atoms with Crippen LogP contribution in [-0.4, -0.2) is 32.0 Å². The molecule has 1 aliphatic rings. The summed E-state index contributed by atoms with van der Waals surface area (Å²) in [6.07, 6.45) is -4.05. The van der Waals surface area contributed by atoms with Gasteiger partial charge in [-0.3, -0.25) is 9.59 Å². The van der Waals surface area contributed by atoms with Crippen LogP contribution in [0.15, 0.2) is 18.2 Å². The third-order valence-electron chi connectivity index (χ3n) is 6.37. The number of carbonyl (C=O) groups is 2. The number of nitrogens with zero attached hydrogens (tertiary/aromatic N) is 3. The molecule has 1 atom stereocenters. The largest absolute Gasteiger partial charge is 0.481 e. The SMILES string of the molecule is Cc1ccc(NC(=O)CC(CCC(=O)O)c2nnn(C3CC(CC(C)(C)C)C3)c2C(F)(F)F)c(F)c1. The highest BCUT2D eigenvalue weighted by atomic mass is 19.4. The molecule has 198 valence electrons. The molecule has 1 aliphatic carbocycles. The third kappa shape index (κ3) is 7.04. The lowest BCUT2D eigenvalue weighted by Crippen LogP contribution is -2.33. The number of alkyl halides is 3. The minimum absolute atomic E-state index is 0.0578. The smallest absolute Gasteiger partial charge is 0.434 e. The summed E-state index contributed by atoms with van der Waals surface area (Å²) >= 11 is 0. The van der Waals surface area contributed by atoms with Crippen LogP contribution in [0, 0.1) is 24.1 Å². The van der Waals surface area contributed by atoms with E-state index in [1.165, 1.54) is 12.1 Å². The fourth-order valence-electron chi connectivity index (χ4n) is 4.82. The van der Waals surface area contributed by atoms with E-state index in [9.17, 15) is 27.2 Å². The summed E-state index contributed by atoms with van der Waals surface area (Å²) in [7, 11) is 0. The second-order valence-electron chi connectivity index (χ2n) is 10.9. The Labute approximate surface area is 207 Å². The number of nitrogens with one attached hydrogen (secondary N) is 1. The molecule has 0 spiro atoms. The highest BCUT2D eigenvalue weighted by Gasteiger charge is 2.45. The van der Waals surface area contributed by atoms with Crippen LogP contribution in [0.2, 0.25) is 0 Å². The highest BCUT2D eigenvalue weighted by molar-refractivity contribution is 5.91. The molecular formula is C25H32F4N4O3. The van der Waals surface area contributed by atoms with Crippen LogP contribution >= 0.6 is 0 Å². The average Bonchev–Trinajstić information content (AvgIpc) is 3.14. The molecule has 3 rings (SSSR count). The summed E-state index contributed by atoms with van der Waals surface area (Å²) in [5, 5.41) is 19.1. The van der Waals surface area contributed by atoms with Gasteiger partial charge in [0, 0.05) is 18.8 Å². The van der Waals surface area contributed by atoms with Crippen molar-refractivity contribution < 1.29 is 32.3 Å². The van der Waals surface area contributed by atoms with Crippen LogP contribution < -0.4 is 5.32 Å². The molecule has 0 bridgehead atoms. The van der Waals surface area contributed by atoms with Crippen LogP contribution in [0.3, 0.4) is 0 Å². The molecule has 1 amide bonds. The number of amides is 1. The number of rotatable bonds is 9. The molecule has 36 heavy (non-hydrogen) atoms. The van der Waals surface area contributed by atoms with Gasteiger partial charge < -0.3 is 10.4 Å². The molecule has 1 saturated carbocycles. The van der Waals surface area contributed by atoms with E-state index in [0.29, 0.717) is 18.4 Å². The van der Waals surface area contributed by atoms with Crippen LogP contribution in [0.5, 0.6) is 0 Å². The van der Waals surface area contributed by atoms with Gasteiger partial charge in [-0.15, -0.1) is 5.10 Å². The maximum Gasteiger partial charge on any atom is 0.434 e. The first-order valence-electron chi connectivity index (χ1n) is 11.9. The second-order valence-corrected chi connectivity index (χ2v) is 10.9. The lowest BCUT2D eigenvalue weighted by atomic mass is 9.71. The molecule has 1 aromatic heterocycles. The van der Waals surface area contributed by atoms with Crippen LogP contribution in [-0.2, 0) is 15.8 Å². The van der Waals surface area contributed by atoms with Gasteiger partial charge in [0.05, 0.1) is 17.4 Å². The van der Waals surface area contributed by atoms with E-state index < -0.39 is 60.1 Å². The van der Waals surface area contributed by atoms with Gasteiger partial charge in [-0.2, -0.15) is 13.2 Å². The van der Waals surface area contributed by atoms with Gasteiger partial charge in [0.2, 0.25) is 5.91 Å². The van der Waals surface area contributed by atoms with Crippen molar-refractivity contribution in [3.8, 4) is 0 Å². The van der Waals surface area contributed by atoms with Crippen molar-refractivity contribution in [1.82, 2.24) is 15.0 Å². The zero-order chi connectivity index (χ0) is 26.8. The van der Waals surface area contributed by atoms with Crippen molar-refractivity contribution in [1.29, 1.82) is 0 Å². The maximum atomic E-state index is 14.2. The maximum absolute atomic E-state index is 14.2. The molecular weight excluding hydrogens is 480 g/mol. The van der Waals surface area contributed by atoms with Crippen LogP contribution in [0.25, 0.3) is 0 Å². The van der Waals surface area contributed by atoms with E-state index in [1.807, 2.05) is 0 Å². The van der Waals surface area contributed by atoms with Gasteiger partial charge in [-0.25, -0.2) is 9.07 Å². The minimum Gasteiger partial charge on any atom is -0.481 e.